The number of ether oxygens (including phenoxy) is 1. The first-order chi connectivity index (χ1) is 18.2. The summed E-state index contributed by atoms with van der Waals surface area (Å²) in [5.74, 6) is 5.60. The highest BCUT2D eigenvalue weighted by molar-refractivity contribution is 5.97. The van der Waals surface area contributed by atoms with E-state index in [1.165, 1.54) is 0 Å². The summed E-state index contributed by atoms with van der Waals surface area (Å²) in [5.41, 5.74) is 0.626. The molecule has 3 heterocycles. The first kappa shape index (κ1) is 27.6. The van der Waals surface area contributed by atoms with Crippen LogP contribution in [0.25, 0.3) is 0 Å². The van der Waals surface area contributed by atoms with E-state index in [1.807, 2.05) is 19.1 Å². The fourth-order valence-electron chi connectivity index (χ4n) is 4.84. The summed E-state index contributed by atoms with van der Waals surface area (Å²) >= 11 is 0. The van der Waals surface area contributed by atoms with E-state index in [4.69, 9.17) is 4.74 Å². The number of nitrogens with zero attached hydrogens (tertiary/aromatic N) is 4. The number of carbonyl (C=O) groups excluding carboxylic acids is 2. The van der Waals surface area contributed by atoms with Crippen LogP contribution in [0.4, 0.5) is 0 Å². The normalized spacial score (nSPS) is 21.3. The lowest BCUT2D eigenvalue weighted by atomic mass is 9.99. The van der Waals surface area contributed by atoms with E-state index in [-0.39, 0.29) is 42.2 Å². The average molecular weight is 521 g/mol. The first-order valence-electron chi connectivity index (χ1n) is 13.2. The van der Waals surface area contributed by atoms with Gasteiger partial charge in [0.05, 0.1) is 25.6 Å². The van der Waals surface area contributed by atoms with E-state index in [2.05, 4.69) is 21.8 Å². The molecule has 3 atom stereocenters. The largest absolute Gasteiger partial charge is 0.472 e. The van der Waals surface area contributed by atoms with Crippen LogP contribution in [0, 0.1) is 17.8 Å². The number of hydrogen-bond acceptors (Lipinski definition) is 7. The van der Waals surface area contributed by atoms with Crippen LogP contribution in [-0.2, 0) is 11.2 Å². The zero-order valence-electron chi connectivity index (χ0n) is 22.3. The van der Waals surface area contributed by atoms with Crippen LogP contribution in [0.5, 0.6) is 5.88 Å². The summed E-state index contributed by atoms with van der Waals surface area (Å²) in [6.45, 7) is 4.20. The Morgan fingerprint density at radius 1 is 1.32 bits per heavy atom. The van der Waals surface area contributed by atoms with Gasteiger partial charge >= 0.3 is 0 Å². The van der Waals surface area contributed by atoms with E-state index in [9.17, 15) is 19.8 Å². The molecule has 0 aromatic carbocycles. The quantitative estimate of drug-likeness (QED) is 0.560. The molecule has 4 rings (SSSR count). The molecule has 38 heavy (non-hydrogen) atoms. The third-order valence-corrected chi connectivity index (χ3v) is 7.38. The van der Waals surface area contributed by atoms with Crippen molar-refractivity contribution in [3.63, 3.8) is 0 Å². The summed E-state index contributed by atoms with van der Waals surface area (Å²) < 4.78 is 6.28. The second-order valence-corrected chi connectivity index (χ2v) is 10.5. The highest BCUT2D eigenvalue weighted by Crippen LogP contribution is 2.30. The van der Waals surface area contributed by atoms with Crippen LogP contribution in [0.15, 0.2) is 36.8 Å². The van der Waals surface area contributed by atoms with Crippen LogP contribution in [0.1, 0.15) is 61.0 Å². The van der Waals surface area contributed by atoms with Crippen molar-refractivity contribution in [2.24, 2.45) is 5.92 Å². The molecular weight excluding hydrogens is 484 g/mol. The van der Waals surface area contributed by atoms with Crippen molar-refractivity contribution < 1.29 is 24.5 Å². The van der Waals surface area contributed by atoms with Gasteiger partial charge in [-0.25, -0.2) is 4.98 Å². The van der Waals surface area contributed by atoms with Gasteiger partial charge in [-0.05, 0) is 56.4 Å². The van der Waals surface area contributed by atoms with Crippen molar-refractivity contribution in [1.82, 2.24) is 19.8 Å². The fraction of sp³-hybridized carbons (Fsp3) is 0.517. The van der Waals surface area contributed by atoms with Crippen molar-refractivity contribution in [1.29, 1.82) is 0 Å². The van der Waals surface area contributed by atoms with E-state index in [0.717, 1.165) is 18.4 Å². The molecule has 2 aromatic rings. The molecule has 2 aromatic heterocycles. The van der Waals surface area contributed by atoms with E-state index in [0.29, 0.717) is 31.5 Å². The lowest BCUT2D eigenvalue weighted by Gasteiger charge is -2.37. The highest BCUT2D eigenvalue weighted by atomic mass is 16.5. The molecule has 0 unspecified atom stereocenters. The molecule has 2 amide bonds. The Kier molecular flexibility index (Phi) is 8.65. The van der Waals surface area contributed by atoms with Gasteiger partial charge in [0.25, 0.3) is 5.91 Å². The van der Waals surface area contributed by atoms with Crippen LogP contribution in [0.3, 0.4) is 0 Å². The van der Waals surface area contributed by atoms with Crippen molar-refractivity contribution >= 4 is 11.8 Å². The lowest BCUT2D eigenvalue weighted by molar-refractivity contribution is -0.130. The van der Waals surface area contributed by atoms with Crippen molar-refractivity contribution in [2.45, 2.75) is 63.7 Å². The number of carbonyl (C=O) groups is 2. The number of amides is 2. The summed E-state index contributed by atoms with van der Waals surface area (Å²) in [4.78, 5) is 38.2. The minimum absolute atomic E-state index is 0.0608. The van der Waals surface area contributed by atoms with Gasteiger partial charge in [-0.1, -0.05) is 18.8 Å². The number of aliphatic hydroxyl groups excluding tert-OH is 1. The van der Waals surface area contributed by atoms with Crippen molar-refractivity contribution in [2.75, 3.05) is 26.7 Å². The predicted octanol–water partition coefficient (Wildman–Crippen LogP) is 2.05. The minimum Gasteiger partial charge on any atom is -0.472 e. The number of hydrogen-bond donors (Lipinski definition) is 2. The van der Waals surface area contributed by atoms with Gasteiger partial charge in [0.1, 0.15) is 17.3 Å². The topological polar surface area (TPSA) is 116 Å². The first-order valence-corrected chi connectivity index (χ1v) is 13.2. The molecule has 2 aliphatic rings. The Morgan fingerprint density at radius 2 is 2.03 bits per heavy atom. The smallest absolute Gasteiger partial charge is 0.259 e. The summed E-state index contributed by atoms with van der Waals surface area (Å²) in [7, 11) is 1.73. The van der Waals surface area contributed by atoms with Gasteiger partial charge in [-0.3, -0.25) is 14.6 Å². The number of fused-ring (bicyclic) bond motifs is 1. The van der Waals surface area contributed by atoms with Crippen LogP contribution < -0.4 is 4.74 Å². The Balaban J connectivity index is 1.60. The third-order valence-electron chi connectivity index (χ3n) is 7.38. The van der Waals surface area contributed by atoms with Gasteiger partial charge in [0.15, 0.2) is 0 Å². The fourth-order valence-corrected chi connectivity index (χ4v) is 4.84. The Hall–Kier alpha value is -3.48. The standard InChI is InChI=1S/C29H36N4O5/c1-20-17-33(21(2)19-34)28(36)24-14-23(6-11-29(37)9-4-5-10-29)16-31-27(24)38-25(20)18-32(3)26(35)15-22-7-12-30-13-8-22/h7-8,12-14,16,20-21,25,34,37H,4-5,9-10,15,17-19H2,1-3H3/t20-,21-,25-/m1/s1. The number of likely N-dealkylation sites (N-methyl/N-ethyl adjacent to an activating group) is 1. The van der Waals surface area contributed by atoms with Gasteiger partial charge in [-0.15, -0.1) is 0 Å². The molecule has 9 nitrogen and oxygen atoms in total. The van der Waals surface area contributed by atoms with Crippen LogP contribution >= 0.6 is 0 Å². The number of aliphatic hydroxyl groups is 2. The molecule has 1 aliphatic heterocycles. The lowest BCUT2D eigenvalue weighted by Crippen LogP contribution is -2.50. The molecule has 9 heteroatoms. The molecular formula is C29H36N4O5. The van der Waals surface area contributed by atoms with Gasteiger partial charge in [0, 0.05) is 43.7 Å². The van der Waals surface area contributed by atoms with Crippen LogP contribution in [-0.4, -0.2) is 86.3 Å². The summed E-state index contributed by atoms with van der Waals surface area (Å²) in [5, 5.41) is 20.5. The maximum atomic E-state index is 13.6. The van der Waals surface area contributed by atoms with E-state index >= 15 is 0 Å². The molecule has 202 valence electrons. The number of aromatic nitrogens is 2. The molecule has 0 spiro atoms. The van der Waals surface area contributed by atoms with Gasteiger partial charge in [-0.2, -0.15) is 0 Å². The monoisotopic (exact) mass is 520 g/mol. The molecule has 1 fully saturated rings. The Morgan fingerprint density at radius 3 is 2.71 bits per heavy atom. The predicted molar refractivity (Wildman–Crippen MR) is 141 cm³/mol. The van der Waals surface area contributed by atoms with Gasteiger partial charge < -0.3 is 24.7 Å². The van der Waals surface area contributed by atoms with Crippen molar-refractivity contribution in [3.8, 4) is 17.7 Å². The average Bonchev–Trinajstić information content (AvgIpc) is 3.36. The number of pyridine rings is 2. The number of rotatable bonds is 6. The highest BCUT2D eigenvalue weighted by Gasteiger charge is 2.35. The van der Waals surface area contributed by atoms with E-state index in [1.54, 1.807) is 48.4 Å². The zero-order valence-corrected chi connectivity index (χ0v) is 22.3. The van der Waals surface area contributed by atoms with Crippen molar-refractivity contribution in [3.05, 3.63) is 53.5 Å². The zero-order chi connectivity index (χ0) is 27.3. The van der Waals surface area contributed by atoms with Gasteiger partial charge in [0.2, 0.25) is 11.8 Å². The molecule has 1 saturated carbocycles. The summed E-state index contributed by atoms with van der Waals surface area (Å²) in [6.07, 6.45) is 7.81. The second kappa shape index (κ2) is 11.9. The molecule has 0 saturated heterocycles. The maximum absolute atomic E-state index is 13.6. The van der Waals surface area contributed by atoms with E-state index < -0.39 is 17.7 Å². The summed E-state index contributed by atoms with van der Waals surface area (Å²) in [6, 6.07) is 4.84. The molecule has 2 N–H and O–H groups in total. The maximum Gasteiger partial charge on any atom is 0.259 e. The minimum atomic E-state index is -1.00. The molecule has 0 bridgehead atoms. The Labute approximate surface area is 223 Å². The molecule has 0 radical (unpaired) electrons. The second-order valence-electron chi connectivity index (χ2n) is 10.5. The SMILES string of the molecule is C[C@@H]1CN([C@H](C)CO)C(=O)c2cc(C#CC3(O)CCCC3)cnc2O[C@@H]1CN(C)C(=O)Cc1ccncc1. The Bertz CT molecular complexity index is 1200. The van der Waals surface area contributed by atoms with Crippen LogP contribution in [0.2, 0.25) is 0 Å². The third kappa shape index (κ3) is 6.50. The molecule has 1 aliphatic carbocycles.